The number of alkyl halides is 3. The van der Waals surface area contributed by atoms with Gasteiger partial charge in [0, 0.05) is 0 Å². The number of rotatable bonds is 1. The molecule has 84 valence electrons. The molecule has 1 fully saturated rings. The van der Waals surface area contributed by atoms with Gasteiger partial charge in [0.2, 0.25) is 0 Å². The van der Waals surface area contributed by atoms with Crippen LogP contribution in [-0.4, -0.2) is 13.2 Å². The molecule has 5 heteroatoms. The topological polar surface area (TPSA) is 33.0 Å². The van der Waals surface area contributed by atoms with Crippen molar-refractivity contribution in [3.05, 3.63) is 35.4 Å². The van der Waals surface area contributed by atoms with Gasteiger partial charge in [0.05, 0.1) is 24.8 Å². The molecule has 2 nitrogen and oxygen atoms in total. The maximum atomic E-state index is 12.3. The predicted molar refractivity (Wildman–Crippen MR) is 49.6 cm³/mol. The summed E-state index contributed by atoms with van der Waals surface area (Å²) in [6.45, 7) is 0.490. The van der Waals surface area contributed by atoms with E-state index in [9.17, 15) is 13.2 Å². The molecule has 0 saturated carbocycles. The molecule has 0 unspecified atom stereocenters. The average molecular weight is 227 g/mol. The zero-order valence-corrected chi connectivity index (χ0v) is 8.21. The van der Waals surface area contributed by atoms with E-state index in [-0.39, 0.29) is 13.2 Å². The van der Waals surface area contributed by atoms with Gasteiger partial charge in [0.25, 0.3) is 0 Å². The van der Waals surface area contributed by atoms with E-state index in [0.29, 0.717) is 5.56 Å². The van der Waals surface area contributed by atoms with Crippen LogP contribution in [0.15, 0.2) is 24.3 Å². The lowest BCUT2D eigenvalue weighted by atomic mass is 9.80. The molecule has 0 spiro atoms. The standard InChI is InChI=1S/C11H8F3NO/c12-11(13,14)9-3-1-8(2-4-9)10(5-15)6-16-7-10/h1-4H,6-7H2. The van der Waals surface area contributed by atoms with Gasteiger partial charge in [-0.15, -0.1) is 0 Å². The lowest BCUT2D eigenvalue weighted by molar-refractivity contribution is -0.137. The van der Waals surface area contributed by atoms with E-state index >= 15 is 0 Å². The number of nitriles is 1. The van der Waals surface area contributed by atoms with Gasteiger partial charge in [-0.25, -0.2) is 0 Å². The molecular formula is C11H8F3NO. The Morgan fingerprint density at radius 1 is 1.19 bits per heavy atom. The van der Waals surface area contributed by atoms with Crippen LogP contribution in [0.3, 0.4) is 0 Å². The largest absolute Gasteiger partial charge is 0.416 e. The van der Waals surface area contributed by atoms with Gasteiger partial charge < -0.3 is 4.74 Å². The summed E-state index contributed by atoms with van der Waals surface area (Å²) in [6.07, 6.45) is -4.34. The zero-order valence-electron chi connectivity index (χ0n) is 8.21. The first-order valence-corrected chi connectivity index (χ1v) is 4.65. The van der Waals surface area contributed by atoms with E-state index in [1.807, 2.05) is 0 Å². The van der Waals surface area contributed by atoms with E-state index in [1.54, 1.807) is 0 Å². The highest BCUT2D eigenvalue weighted by atomic mass is 19.4. The van der Waals surface area contributed by atoms with Crippen molar-refractivity contribution in [1.82, 2.24) is 0 Å². The number of hydrogen-bond acceptors (Lipinski definition) is 2. The average Bonchev–Trinajstić information content (AvgIpc) is 2.16. The van der Waals surface area contributed by atoms with Gasteiger partial charge in [-0.3, -0.25) is 0 Å². The Morgan fingerprint density at radius 2 is 1.75 bits per heavy atom. The van der Waals surface area contributed by atoms with Crippen LogP contribution < -0.4 is 0 Å². The second-order valence-electron chi connectivity index (χ2n) is 3.76. The van der Waals surface area contributed by atoms with Gasteiger partial charge in [-0.1, -0.05) is 12.1 Å². The fourth-order valence-electron chi connectivity index (χ4n) is 1.58. The summed E-state index contributed by atoms with van der Waals surface area (Å²) in [6, 6.07) is 6.75. The van der Waals surface area contributed by atoms with Crippen LogP contribution >= 0.6 is 0 Å². The molecule has 1 aromatic rings. The van der Waals surface area contributed by atoms with Crippen molar-refractivity contribution in [1.29, 1.82) is 5.26 Å². The molecule has 2 rings (SSSR count). The summed E-state index contributed by atoms with van der Waals surface area (Å²) >= 11 is 0. The molecule has 0 amide bonds. The first kappa shape index (κ1) is 11.0. The third-order valence-corrected chi connectivity index (χ3v) is 2.68. The normalized spacial score (nSPS) is 18.6. The Kier molecular flexibility index (Phi) is 2.39. The van der Waals surface area contributed by atoms with Crippen molar-refractivity contribution in [2.75, 3.05) is 13.2 Å². The minimum absolute atomic E-state index is 0.245. The molecule has 0 atom stereocenters. The van der Waals surface area contributed by atoms with Crippen LogP contribution in [0.25, 0.3) is 0 Å². The van der Waals surface area contributed by atoms with Crippen molar-refractivity contribution in [2.45, 2.75) is 11.6 Å². The number of halogens is 3. The molecule has 16 heavy (non-hydrogen) atoms. The lowest BCUT2D eigenvalue weighted by Gasteiger charge is -2.35. The maximum Gasteiger partial charge on any atom is 0.416 e. The van der Waals surface area contributed by atoms with Crippen LogP contribution in [0.1, 0.15) is 11.1 Å². The highest BCUT2D eigenvalue weighted by molar-refractivity contribution is 5.37. The molecule has 0 radical (unpaired) electrons. The van der Waals surface area contributed by atoms with Crippen molar-refractivity contribution in [2.24, 2.45) is 0 Å². The highest BCUT2D eigenvalue weighted by Crippen LogP contribution is 2.34. The van der Waals surface area contributed by atoms with Crippen LogP contribution in [0.4, 0.5) is 13.2 Å². The zero-order chi connectivity index (χ0) is 11.8. The molecule has 0 bridgehead atoms. The number of benzene rings is 1. The van der Waals surface area contributed by atoms with Crippen LogP contribution in [-0.2, 0) is 16.3 Å². The van der Waals surface area contributed by atoms with Crippen molar-refractivity contribution < 1.29 is 17.9 Å². The van der Waals surface area contributed by atoms with E-state index in [1.165, 1.54) is 12.1 Å². The van der Waals surface area contributed by atoms with Crippen LogP contribution in [0, 0.1) is 11.3 Å². The third-order valence-electron chi connectivity index (χ3n) is 2.68. The van der Waals surface area contributed by atoms with Crippen molar-refractivity contribution in [3.63, 3.8) is 0 Å². The Labute approximate surface area is 90.3 Å². The molecule has 0 aliphatic carbocycles. The fraction of sp³-hybridized carbons (Fsp3) is 0.364. The van der Waals surface area contributed by atoms with E-state index < -0.39 is 17.2 Å². The summed E-state index contributed by atoms with van der Waals surface area (Å²) in [4.78, 5) is 0. The van der Waals surface area contributed by atoms with Crippen LogP contribution in [0.5, 0.6) is 0 Å². The first-order valence-electron chi connectivity index (χ1n) is 4.65. The quantitative estimate of drug-likeness (QED) is 0.738. The van der Waals surface area contributed by atoms with E-state index in [0.717, 1.165) is 12.1 Å². The molecule has 1 saturated heterocycles. The molecule has 1 aliphatic heterocycles. The Morgan fingerprint density at radius 3 is 2.06 bits per heavy atom. The highest BCUT2D eigenvalue weighted by Gasteiger charge is 2.41. The Hall–Kier alpha value is -1.54. The summed E-state index contributed by atoms with van der Waals surface area (Å²) < 4.78 is 41.8. The molecule has 1 heterocycles. The van der Waals surface area contributed by atoms with Gasteiger partial charge >= 0.3 is 6.18 Å². The Balaban J connectivity index is 2.30. The first-order chi connectivity index (χ1) is 7.48. The predicted octanol–water partition coefficient (Wildman–Crippen LogP) is 2.50. The van der Waals surface area contributed by atoms with E-state index in [4.69, 9.17) is 10.00 Å². The van der Waals surface area contributed by atoms with Crippen molar-refractivity contribution in [3.8, 4) is 6.07 Å². The molecule has 0 aromatic heterocycles. The number of ether oxygens (including phenoxy) is 1. The SMILES string of the molecule is N#CC1(c2ccc(C(F)(F)F)cc2)COC1. The number of hydrogen-bond donors (Lipinski definition) is 0. The van der Waals surface area contributed by atoms with E-state index in [2.05, 4.69) is 6.07 Å². The molecule has 1 aliphatic rings. The minimum Gasteiger partial charge on any atom is -0.377 e. The third kappa shape index (κ3) is 1.65. The summed E-state index contributed by atoms with van der Waals surface area (Å²) in [5, 5.41) is 8.97. The number of nitrogens with zero attached hydrogens (tertiary/aromatic N) is 1. The summed E-state index contributed by atoms with van der Waals surface area (Å²) in [7, 11) is 0. The lowest BCUT2D eigenvalue weighted by Crippen LogP contribution is -2.45. The maximum absolute atomic E-state index is 12.3. The smallest absolute Gasteiger partial charge is 0.377 e. The van der Waals surface area contributed by atoms with Gasteiger partial charge in [-0.2, -0.15) is 18.4 Å². The van der Waals surface area contributed by atoms with Gasteiger partial charge in [0.1, 0.15) is 5.41 Å². The molecule has 1 aromatic carbocycles. The second-order valence-corrected chi connectivity index (χ2v) is 3.76. The molecular weight excluding hydrogens is 219 g/mol. The second kappa shape index (κ2) is 3.49. The Bertz CT molecular complexity index is 426. The summed E-state index contributed by atoms with van der Waals surface area (Å²) in [5.74, 6) is 0. The fourth-order valence-corrected chi connectivity index (χ4v) is 1.58. The molecule has 0 N–H and O–H groups in total. The summed E-state index contributed by atoms with van der Waals surface area (Å²) in [5.41, 5.74) is -0.886. The van der Waals surface area contributed by atoms with Crippen LogP contribution in [0.2, 0.25) is 0 Å². The minimum atomic E-state index is -4.34. The monoisotopic (exact) mass is 227 g/mol. The van der Waals surface area contributed by atoms with Gasteiger partial charge in [-0.05, 0) is 17.7 Å². The van der Waals surface area contributed by atoms with Gasteiger partial charge in [0.15, 0.2) is 0 Å². The van der Waals surface area contributed by atoms with Crippen molar-refractivity contribution >= 4 is 0 Å².